The van der Waals surface area contributed by atoms with Crippen molar-refractivity contribution in [2.45, 2.75) is 19.9 Å². The van der Waals surface area contributed by atoms with Gasteiger partial charge in [-0.25, -0.2) is 0 Å². The summed E-state index contributed by atoms with van der Waals surface area (Å²) in [6.45, 7) is 5.84. The van der Waals surface area contributed by atoms with Gasteiger partial charge in [-0.15, -0.1) is 0 Å². The molecule has 1 aromatic carbocycles. The summed E-state index contributed by atoms with van der Waals surface area (Å²) in [4.78, 5) is 2.31. The largest absolute Gasteiger partial charge is 0.383 e. The molecule has 0 unspecified atom stereocenters. The molecule has 1 N–H and O–H groups in total. The van der Waals surface area contributed by atoms with Crippen LogP contribution in [0.25, 0.3) is 0 Å². The second-order valence-corrected chi connectivity index (χ2v) is 4.22. The van der Waals surface area contributed by atoms with Gasteiger partial charge in [-0.3, -0.25) is 0 Å². The fourth-order valence-corrected chi connectivity index (χ4v) is 1.89. The van der Waals surface area contributed by atoms with Gasteiger partial charge in [-0.2, -0.15) is 0 Å². The van der Waals surface area contributed by atoms with E-state index in [-0.39, 0.29) is 0 Å². The number of methoxy groups -OCH3 is 1. The van der Waals surface area contributed by atoms with Crippen molar-refractivity contribution in [2.24, 2.45) is 0 Å². The average Bonchev–Trinajstić information content (AvgIpc) is 2.35. The van der Waals surface area contributed by atoms with E-state index >= 15 is 0 Å². The third kappa shape index (κ3) is 4.75. The minimum absolute atomic E-state index is 0.757. The summed E-state index contributed by atoms with van der Waals surface area (Å²) in [5.74, 6) is 0. The Labute approximate surface area is 105 Å². The van der Waals surface area contributed by atoms with Crippen LogP contribution >= 0.6 is 0 Å². The first-order chi connectivity index (χ1) is 8.29. The zero-order chi connectivity index (χ0) is 12.5. The van der Waals surface area contributed by atoms with E-state index in [0.29, 0.717) is 0 Å². The van der Waals surface area contributed by atoms with Crippen LogP contribution in [0.15, 0.2) is 24.3 Å². The molecule has 17 heavy (non-hydrogen) atoms. The topological polar surface area (TPSA) is 24.5 Å². The van der Waals surface area contributed by atoms with Crippen molar-refractivity contribution in [3.05, 3.63) is 29.8 Å². The maximum atomic E-state index is 5.02. The lowest BCUT2D eigenvalue weighted by atomic mass is 10.1. The van der Waals surface area contributed by atoms with Crippen LogP contribution in [-0.4, -0.2) is 33.9 Å². The van der Waals surface area contributed by atoms with E-state index < -0.39 is 0 Å². The molecule has 0 aliphatic heterocycles. The zero-order valence-electron chi connectivity index (χ0n) is 11.2. The molecule has 0 aliphatic carbocycles. The van der Waals surface area contributed by atoms with Crippen molar-refractivity contribution in [3.8, 4) is 0 Å². The van der Waals surface area contributed by atoms with Gasteiger partial charge in [0, 0.05) is 39.5 Å². The lowest BCUT2D eigenvalue weighted by Gasteiger charge is -2.22. The van der Waals surface area contributed by atoms with Gasteiger partial charge in [0.25, 0.3) is 0 Å². The van der Waals surface area contributed by atoms with Gasteiger partial charge in [0.15, 0.2) is 0 Å². The molecule has 0 aromatic heterocycles. The van der Waals surface area contributed by atoms with Crippen molar-refractivity contribution in [1.29, 1.82) is 0 Å². The summed E-state index contributed by atoms with van der Waals surface area (Å²) in [6, 6.07) is 8.56. The predicted molar refractivity (Wildman–Crippen MR) is 73.6 cm³/mol. The Morgan fingerprint density at radius 3 is 2.76 bits per heavy atom. The number of nitrogens with one attached hydrogen (secondary N) is 1. The van der Waals surface area contributed by atoms with Crippen LogP contribution in [0.1, 0.15) is 18.9 Å². The van der Waals surface area contributed by atoms with E-state index in [2.05, 4.69) is 48.5 Å². The smallest absolute Gasteiger partial charge is 0.0587 e. The minimum Gasteiger partial charge on any atom is -0.383 e. The highest BCUT2D eigenvalue weighted by molar-refractivity contribution is 5.52. The zero-order valence-corrected chi connectivity index (χ0v) is 11.2. The van der Waals surface area contributed by atoms with Gasteiger partial charge in [0.05, 0.1) is 6.61 Å². The van der Waals surface area contributed by atoms with Crippen LogP contribution in [0.5, 0.6) is 0 Å². The molecule has 0 spiro atoms. The number of nitrogens with zero attached hydrogens (tertiary/aromatic N) is 1. The van der Waals surface area contributed by atoms with E-state index in [1.54, 1.807) is 7.11 Å². The predicted octanol–water partition coefficient (Wildman–Crippen LogP) is 2.27. The van der Waals surface area contributed by atoms with E-state index in [1.807, 2.05) is 0 Å². The molecule has 0 heterocycles. The van der Waals surface area contributed by atoms with Crippen LogP contribution in [0.2, 0.25) is 0 Å². The molecule has 1 aromatic rings. The molecule has 0 amide bonds. The van der Waals surface area contributed by atoms with Crippen molar-refractivity contribution in [2.75, 3.05) is 38.8 Å². The van der Waals surface area contributed by atoms with Crippen LogP contribution in [0.3, 0.4) is 0 Å². The molecule has 0 radical (unpaired) electrons. The number of rotatable bonds is 8. The summed E-state index contributed by atoms with van der Waals surface area (Å²) in [7, 11) is 3.88. The summed E-state index contributed by atoms with van der Waals surface area (Å²) in [5.41, 5.74) is 2.67. The third-order valence-corrected chi connectivity index (χ3v) is 2.76. The molecular weight excluding hydrogens is 212 g/mol. The molecular formula is C14H24N2O. The molecule has 0 saturated carbocycles. The summed E-state index contributed by atoms with van der Waals surface area (Å²) in [5, 5.41) is 3.39. The van der Waals surface area contributed by atoms with E-state index in [9.17, 15) is 0 Å². The monoisotopic (exact) mass is 236 g/mol. The van der Waals surface area contributed by atoms with Crippen LogP contribution in [-0.2, 0) is 11.3 Å². The summed E-state index contributed by atoms with van der Waals surface area (Å²) in [6.07, 6.45) is 1.17. The molecule has 0 saturated heterocycles. The maximum absolute atomic E-state index is 5.02. The molecule has 0 bridgehead atoms. The quantitative estimate of drug-likeness (QED) is 0.701. The number of ether oxygens (including phenoxy) is 1. The summed E-state index contributed by atoms with van der Waals surface area (Å²) >= 11 is 0. The van der Waals surface area contributed by atoms with Crippen LogP contribution < -0.4 is 10.2 Å². The van der Waals surface area contributed by atoms with Gasteiger partial charge in [0.1, 0.15) is 0 Å². The van der Waals surface area contributed by atoms with Gasteiger partial charge < -0.3 is 15.0 Å². The van der Waals surface area contributed by atoms with Gasteiger partial charge >= 0.3 is 0 Å². The Kier molecular flexibility index (Phi) is 6.67. The Hall–Kier alpha value is -1.06. The first kappa shape index (κ1) is 14.0. The molecule has 3 nitrogen and oxygen atoms in total. The van der Waals surface area contributed by atoms with Gasteiger partial charge in [-0.05, 0) is 18.1 Å². The number of para-hydroxylation sites is 1. The summed E-state index contributed by atoms with van der Waals surface area (Å²) < 4.78 is 5.02. The average molecular weight is 236 g/mol. The molecule has 0 aliphatic rings. The number of hydrogen-bond donors (Lipinski definition) is 1. The lowest BCUT2D eigenvalue weighted by molar-refractivity contribution is 0.199. The number of hydrogen-bond acceptors (Lipinski definition) is 3. The normalized spacial score (nSPS) is 10.5. The van der Waals surface area contributed by atoms with Crippen LogP contribution in [0.4, 0.5) is 5.69 Å². The molecule has 3 heteroatoms. The number of anilines is 1. The number of benzene rings is 1. The highest BCUT2D eigenvalue weighted by atomic mass is 16.5. The second-order valence-electron chi connectivity index (χ2n) is 4.22. The van der Waals surface area contributed by atoms with E-state index in [0.717, 1.165) is 26.2 Å². The van der Waals surface area contributed by atoms with Crippen LogP contribution in [0, 0.1) is 0 Å². The Balaban J connectivity index is 2.57. The standard InChI is InChI=1S/C14H24N2O/c1-4-10-16(2)14-8-6-5-7-13(14)12-15-9-11-17-3/h5-8,15H,4,9-12H2,1-3H3. The lowest BCUT2D eigenvalue weighted by Crippen LogP contribution is -2.23. The van der Waals surface area contributed by atoms with Crippen molar-refractivity contribution in [3.63, 3.8) is 0 Å². The maximum Gasteiger partial charge on any atom is 0.0587 e. The molecule has 1 rings (SSSR count). The Morgan fingerprint density at radius 2 is 2.06 bits per heavy atom. The molecule has 96 valence electrons. The Morgan fingerprint density at radius 1 is 1.29 bits per heavy atom. The highest BCUT2D eigenvalue weighted by Gasteiger charge is 2.05. The SMILES string of the molecule is CCCN(C)c1ccccc1CNCCOC. The van der Waals surface area contributed by atoms with Crippen molar-refractivity contribution in [1.82, 2.24) is 5.32 Å². The molecule has 0 atom stereocenters. The fourth-order valence-electron chi connectivity index (χ4n) is 1.89. The van der Waals surface area contributed by atoms with Crippen molar-refractivity contribution >= 4 is 5.69 Å². The molecule has 0 fully saturated rings. The van der Waals surface area contributed by atoms with E-state index in [1.165, 1.54) is 17.7 Å². The van der Waals surface area contributed by atoms with Gasteiger partial charge in [-0.1, -0.05) is 25.1 Å². The van der Waals surface area contributed by atoms with Crippen molar-refractivity contribution < 1.29 is 4.74 Å². The first-order valence-corrected chi connectivity index (χ1v) is 6.28. The highest BCUT2D eigenvalue weighted by Crippen LogP contribution is 2.18. The second kappa shape index (κ2) is 8.09. The Bertz CT molecular complexity index is 315. The van der Waals surface area contributed by atoms with E-state index in [4.69, 9.17) is 4.74 Å². The fraction of sp³-hybridized carbons (Fsp3) is 0.571. The third-order valence-electron chi connectivity index (χ3n) is 2.76. The van der Waals surface area contributed by atoms with Gasteiger partial charge in [0.2, 0.25) is 0 Å². The first-order valence-electron chi connectivity index (χ1n) is 6.28. The minimum atomic E-state index is 0.757.